The van der Waals surface area contributed by atoms with Gasteiger partial charge in [-0.05, 0) is 44.1 Å². The predicted octanol–water partition coefficient (Wildman–Crippen LogP) is 5.24. The summed E-state index contributed by atoms with van der Waals surface area (Å²) in [6.07, 6.45) is 14.4. The minimum absolute atomic E-state index is 0.132. The van der Waals surface area contributed by atoms with Crippen LogP contribution in [0.15, 0.2) is 52.3 Å². The van der Waals surface area contributed by atoms with Crippen molar-refractivity contribution in [1.82, 2.24) is 0 Å². The first-order valence-electron chi connectivity index (χ1n) is 8.22. The van der Waals surface area contributed by atoms with Crippen LogP contribution in [0.3, 0.4) is 0 Å². The van der Waals surface area contributed by atoms with Crippen molar-refractivity contribution in [3.63, 3.8) is 0 Å². The second kappa shape index (κ2) is 8.66. The standard InChI is InChI=1S/C20H29NO2/c1-15(8-6-9-17(3)19(14-22)21-23)11-12-18-16(2)10-7-13-20(18,4)5/h6,8-9,11-12,14,17,23H,7,10,13H2,1-5H3. The second-order valence-corrected chi connectivity index (χ2v) is 6.99. The zero-order chi connectivity index (χ0) is 17.5. The summed E-state index contributed by atoms with van der Waals surface area (Å²) in [5, 5.41) is 11.7. The van der Waals surface area contributed by atoms with Crippen LogP contribution >= 0.6 is 0 Å². The van der Waals surface area contributed by atoms with E-state index >= 15 is 0 Å². The number of oxime groups is 1. The molecule has 23 heavy (non-hydrogen) atoms. The van der Waals surface area contributed by atoms with E-state index in [9.17, 15) is 4.79 Å². The minimum Gasteiger partial charge on any atom is -0.411 e. The van der Waals surface area contributed by atoms with Crippen LogP contribution in [-0.2, 0) is 4.79 Å². The number of rotatable bonds is 6. The maximum atomic E-state index is 10.7. The Morgan fingerprint density at radius 1 is 1.39 bits per heavy atom. The van der Waals surface area contributed by atoms with Gasteiger partial charge in [0.15, 0.2) is 6.29 Å². The van der Waals surface area contributed by atoms with Crippen molar-refractivity contribution in [2.45, 2.75) is 53.9 Å². The molecule has 1 aliphatic carbocycles. The number of allylic oxidation sites excluding steroid dienone is 8. The van der Waals surface area contributed by atoms with Crippen LogP contribution in [0.25, 0.3) is 0 Å². The summed E-state index contributed by atoms with van der Waals surface area (Å²) in [5.41, 5.74) is 4.46. The van der Waals surface area contributed by atoms with E-state index in [4.69, 9.17) is 5.21 Å². The SMILES string of the molecule is CC(C=CC1=C(C)CCCC1(C)C)=CC=CC(C)C(C=O)=NO. The van der Waals surface area contributed by atoms with Gasteiger partial charge in [-0.15, -0.1) is 0 Å². The van der Waals surface area contributed by atoms with Gasteiger partial charge in [0.05, 0.1) is 0 Å². The van der Waals surface area contributed by atoms with E-state index in [1.54, 1.807) is 0 Å². The highest BCUT2D eigenvalue weighted by Gasteiger charge is 2.26. The zero-order valence-electron chi connectivity index (χ0n) is 15.0. The fourth-order valence-electron chi connectivity index (χ4n) is 2.98. The van der Waals surface area contributed by atoms with E-state index < -0.39 is 0 Å². The second-order valence-electron chi connectivity index (χ2n) is 6.99. The third-order valence-corrected chi connectivity index (χ3v) is 4.52. The molecule has 0 radical (unpaired) electrons. The molecule has 0 aromatic carbocycles. The Balaban J connectivity index is 2.79. The summed E-state index contributed by atoms with van der Waals surface area (Å²) < 4.78 is 0. The van der Waals surface area contributed by atoms with E-state index in [-0.39, 0.29) is 17.0 Å². The van der Waals surface area contributed by atoms with E-state index in [2.05, 4.69) is 45.0 Å². The average Bonchev–Trinajstić information content (AvgIpc) is 2.47. The van der Waals surface area contributed by atoms with Crippen LogP contribution in [0.5, 0.6) is 0 Å². The highest BCUT2D eigenvalue weighted by molar-refractivity contribution is 6.29. The summed E-state index contributed by atoms with van der Waals surface area (Å²) in [4.78, 5) is 10.7. The topological polar surface area (TPSA) is 49.7 Å². The molecule has 1 N–H and O–H groups in total. The van der Waals surface area contributed by atoms with Crippen LogP contribution in [0.1, 0.15) is 53.9 Å². The van der Waals surface area contributed by atoms with Gasteiger partial charge in [0.1, 0.15) is 5.71 Å². The summed E-state index contributed by atoms with van der Waals surface area (Å²) in [7, 11) is 0. The van der Waals surface area contributed by atoms with Gasteiger partial charge in [-0.1, -0.05) is 67.5 Å². The maximum absolute atomic E-state index is 10.7. The first kappa shape index (κ1) is 19.1. The van der Waals surface area contributed by atoms with Gasteiger partial charge in [0.25, 0.3) is 0 Å². The Hall–Kier alpha value is -1.90. The lowest BCUT2D eigenvalue weighted by molar-refractivity contribution is -0.103. The van der Waals surface area contributed by atoms with Crippen LogP contribution < -0.4 is 0 Å². The minimum atomic E-state index is -0.201. The molecule has 0 aromatic heterocycles. The predicted molar refractivity (Wildman–Crippen MR) is 96.8 cm³/mol. The molecule has 0 saturated heterocycles. The first-order valence-corrected chi connectivity index (χ1v) is 8.22. The molecule has 0 bridgehead atoms. The molecule has 0 amide bonds. The molecular weight excluding hydrogens is 286 g/mol. The summed E-state index contributed by atoms with van der Waals surface area (Å²) >= 11 is 0. The highest BCUT2D eigenvalue weighted by atomic mass is 16.4. The Kier molecular flexibility index (Phi) is 7.21. The number of carbonyl (C=O) groups is 1. The molecule has 0 spiro atoms. The molecule has 0 heterocycles. The van der Waals surface area contributed by atoms with E-state index in [1.165, 1.54) is 30.4 Å². The molecule has 1 unspecified atom stereocenters. The molecule has 0 aliphatic heterocycles. The molecule has 0 saturated carbocycles. The van der Waals surface area contributed by atoms with Crippen LogP contribution in [0.2, 0.25) is 0 Å². The van der Waals surface area contributed by atoms with Crippen molar-refractivity contribution in [3.05, 3.63) is 47.1 Å². The molecule has 0 aromatic rings. The average molecular weight is 315 g/mol. The summed E-state index contributed by atoms with van der Waals surface area (Å²) in [6, 6.07) is 0. The Bertz CT molecular complexity index is 574. The number of carbonyl (C=O) groups excluding carboxylic acids is 1. The van der Waals surface area contributed by atoms with E-state index in [0.29, 0.717) is 6.29 Å². The molecule has 1 rings (SSSR count). The largest absolute Gasteiger partial charge is 0.411 e. The van der Waals surface area contributed by atoms with Crippen molar-refractivity contribution in [3.8, 4) is 0 Å². The zero-order valence-corrected chi connectivity index (χ0v) is 15.0. The van der Waals surface area contributed by atoms with Crippen molar-refractivity contribution in [1.29, 1.82) is 0 Å². The Morgan fingerprint density at radius 3 is 2.65 bits per heavy atom. The van der Waals surface area contributed by atoms with Gasteiger partial charge >= 0.3 is 0 Å². The van der Waals surface area contributed by atoms with E-state index in [1.807, 2.05) is 25.2 Å². The molecule has 1 aliphatic rings. The Labute approximate surface area is 140 Å². The Morgan fingerprint density at radius 2 is 2.09 bits per heavy atom. The third-order valence-electron chi connectivity index (χ3n) is 4.52. The lowest BCUT2D eigenvalue weighted by Gasteiger charge is -2.32. The van der Waals surface area contributed by atoms with Crippen LogP contribution in [-0.4, -0.2) is 17.2 Å². The number of nitrogens with zero attached hydrogens (tertiary/aromatic N) is 1. The molecule has 126 valence electrons. The molecular formula is C20H29NO2. The fourth-order valence-corrected chi connectivity index (χ4v) is 2.98. The molecule has 1 atom stereocenters. The normalized spacial score (nSPS) is 21.3. The summed E-state index contributed by atoms with van der Waals surface area (Å²) in [5.74, 6) is -0.201. The van der Waals surface area contributed by atoms with Gasteiger partial charge in [-0.25, -0.2) is 0 Å². The lowest BCUT2D eigenvalue weighted by Crippen LogP contribution is -2.19. The fraction of sp³-hybridized carbons (Fsp3) is 0.500. The quantitative estimate of drug-likeness (QED) is 0.240. The van der Waals surface area contributed by atoms with Crippen molar-refractivity contribution in [2.24, 2.45) is 16.5 Å². The number of aldehydes is 1. The lowest BCUT2D eigenvalue weighted by atomic mass is 9.72. The highest BCUT2D eigenvalue weighted by Crippen LogP contribution is 2.40. The molecule has 3 heteroatoms. The van der Waals surface area contributed by atoms with Crippen molar-refractivity contribution < 1.29 is 10.0 Å². The maximum Gasteiger partial charge on any atom is 0.168 e. The number of hydrogen-bond donors (Lipinski definition) is 1. The van der Waals surface area contributed by atoms with Gasteiger partial charge < -0.3 is 5.21 Å². The van der Waals surface area contributed by atoms with Gasteiger partial charge in [-0.2, -0.15) is 0 Å². The van der Waals surface area contributed by atoms with Crippen LogP contribution in [0, 0.1) is 11.3 Å². The van der Waals surface area contributed by atoms with Gasteiger partial charge in [0, 0.05) is 5.92 Å². The van der Waals surface area contributed by atoms with Crippen molar-refractivity contribution in [2.75, 3.05) is 0 Å². The first-order chi connectivity index (χ1) is 10.8. The van der Waals surface area contributed by atoms with E-state index in [0.717, 1.165) is 5.57 Å². The van der Waals surface area contributed by atoms with Crippen molar-refractivity contribution >= 4 is 12.0 Å². The molecule has 0 fully saturated rings. The third kappa shape index (κ3) is 5.66. The number of hydrogen-bond acceptors (Lipinski definition) is 3. The monoisotopic (exact) mass is 315 g/mol. The van der Waals surface area contributed by atoms with Gasteiger partial charge in [0.2, 0.25) is 0 Å². The summed E-state index contributed by atoms with van der Waals surface area (Å²) in [6.45, 7) is 10.7. The molecule has 3 nitrogen and oxygen atoms in total. The smallest absolute Gasteiger partial charge is 0.168 e. The van der Waals surface area contributed by atoms with Gasteiger partial charge in [-0.3, -0.25) is 4.79 Å². The van der Waals surface area contributed by atoms with Crippen LogP contribution in [0.4, 0.5) is 0 Å².